The van der Waals surface area contributed by atoms with Gasteiger partial charge in [-0.2, -0.15) is 0 Å². The van der Waals surface area contributed by atoms with Gasteiger partial charge in [0.25, 0.3) is 0 Å². The average Bonchev–Trinajstić information content (AvgIpc) is 2.78. The molecule has 1 N–H and O–H groups in total. The molecule has 1 saturated heterocycles. The van der Waals surface area contributed by atoms with E-state index in [1.807, 2.05) is 78.9 Å². The highest BCUT2D eigenvalue weighted by molar-refractivity contribution is 5.44. The quantitative estimate of drug-likeness (QED) is 0.627. The molecule has 0 aliphatic carbocycles. The van der Waals surface area contributed by atoms with Crippen molar-refractivity contribution in [1.82, 2.24) is 0 Å². The molecule has 29 heavy (non-hydrogen) atoms. The van der Waals surface area contributed by atoms with Crippen molar-refractivity contribution in [1.29, 1.82) is 0 Å². The number of benzene rings is 3. The minimum absolute atomic E-state index is 0.433. The normalized spacial score (nSPS) is 15.6. The van der Waals surface area contributed by atoms with E-state index in [1.54, 1.807) is 0 Å². The molecule has 1 fully saturated rings. The molecule has 0 radical (unpaired) electrons. The van der Waals surface area contributed by atoms with Crippen molar-refractivity contribution in [2.24, 2.45) is 0 Å². The Balaban J connectivity index is 1.56. The van der Waals surface area contributed by atoms with Crippen LogP contribution in [0, 0.1) is 0 Å². The molecule has 0 atom stereocenters. The highest BCUT2D eigenvalue weighted by Crippen LogP contribution is 2.39. The summed E-state index contributed by atoms with van der Waals surface area (Å²) in [7, 11) is 0. The summed E-state index contributed by atoms with van der Waals surface area (Å²) in [5.74, 6) is 1.38. The van der Waals surface area contributed by atoms with E-state index in [4.69, 9.17) is 14.2 Å². The first kappa shape index (κ1) is 19.5. The van der Waals surface area contributed by atoms with Crippen molar-refractivity contribution < 1.29 is 19.3 Å². The third-order valence-corrected chi connectivity index (χ3v) is 5.26. The van der Waals surface area contributed by atoms with E-state index in [0.717, 1.165) is 22.4 Å². The Morgan fingerprint density at radius 1 is 0.759 bits per heavy atom. The first-order valence-electron chi connectivity index (χ1n) is 10.0. The van der Waals surface area contributed by atoms with Crippen LogP contribution in [0.2, 0.25) is 0 Å². The van der Waals surface area contributed by atoms with Crippen molar-refractivity contribution in [2.45, 2.75) is 31.7 Å². The maximum atomic E-state index is 11.2. The summed E-state index contributed by atoms with van der Waals surface area (Å²) in [4.78, 5) is 0. The predicted octanol–water partition coefficient (Wildman–Crippen LogP) is 4.84. The maximum absolute atomic E-state index is 11.2. The van der Waals surface area contributed by atoms with Crippen LogP contribution in [-0.2, 0) is 23.6 Å². The summed E-state index contributed by atoms with van der Waals surface area (Å²) in [5, 5.41) is 11.2. The Kier molecular flexibility index (Phi) is 6.13. The molecule has 0 amide bonds. The number of ether oxygens (including phenoxy) is 3. The highest BCUT2D eigenvalue weighted by Gasteiger charge is 2.34. The van der Waals surface area contributed by atoms with E-state index >= 15 is 0 Å². The number of hydrogen-bond acceptors (Lipinski definition) is 4. The molecular weight excluding hydrogens is 364 g/mol. The van der Waals surface area contributed by atoms with Crippen molar-refractivity contribution >= 4 is 0 Å². The Bertz CT molecular complexity index is 903. The van der Waals surface area contributed by atoms with E-state index in [0.29, 0.717) is 45.0 Å². The van der Waals surface area contributed by atoms with Crippen molar-refractivity contribution in [3.8, 4) is 11.5 Å². The van der Waals surface area contributed by atoms with Crippen LogP contribution in [0.25, 0.3) is 0 Å². The molecule has 1 aliphatic heterocycles. The summed E-state index contributed by atoms with van der Waals surface area (Å²) in [6.45, 7) is 2.00. The van der Waals surface area contributed by atoms with Gasteiger partial charge in [0.2, 0.25) is 0 Å². The zero-order valence-electron chi connectivity index (χ0n) is 16.4. The second-order valence-corrected chi connectivity index (χ2v) is 7.35. The molecule has 4 rings (SSSR count). The fourth-order valence-electron chi connectivity index (χ4n) is 3.55. The smallest absolute Gasteiger partial charge is 0.129 e. The lowest BCUT2D eigenvalue weighted by Gasteiger charge is -2.33. The molecule has 4 nitrogen and oxygen atoms in total. The fourth-order valence-corrected chi connectivity index (χ4v) is 3.55. The number of aliphatic hydroxyl groups is 1. The SMILES string of the molecule is OC1(c2ccc(OCc3ccccc3)cc2OCc2ccccc2)CCOCC1. The molecule has 3 aromatic carbocycles. The topological polar surface area (TPSA) is 47.9 Å². The number of hydrogen-bond donors (Lipinski definition) is 1. The van der Waals surface area contributed by atoms with E-state index < -0.39 is 5.60 Å². The van der Waals surface area contributed by atoms with E-state index in [9.17, 15) is 5.11 Å². The predicted molar refractivity (Wildman–Crippen MR) is 112 cm³/mol. The molecule has 0 saturated carbocycles. The average molecular weight is 390 g/mol. The van der Waals surface area contributed by atoms with Gasteiger partial charge in [0.05, 0.1) is 5.60 Å². The Morgan fingerprint density at radius 2 is 1.34 bits per heavy atom. The van der Waals surface area contributed by atoms with Crippen LogP contribution in [0.4, 0.5) is 0 Å². The van der Waals surface area contributed by atoms with Crippen LogP contribution in [-0.4, -0.2) is 18.3 Å². The summed E-state index contributed by atoms with van der Waals surface area (Å²) < 4.78 is 17.6. The third kappa shape index (κ3) is 4.97. The van der Waals surface area contributed by atoms with Crippen LogP contribution < -0.4 is 9.47 Å². The first-order chi connectivity index (χ1) is 14.2. The van der Waals surface area contributed by atoms with E-state index in [2.05, 4.69) is 0 Å². The van der Waals surface area contributed by atoms with E-state index in [1.165, 1.54) is 0 Å². The molecule has 1 aliphatic rings. The molecular formula is C25H26O4. The summed E-state index contributed by atoms with van der Waals surface area (Å²) >= 11 is 0. The molecule has 150 valence electrons. The van der Waals surface area contributed by atoms with Gasteiger partial charge in [0, 0.05) is 37.7 Å². The van der Waals surface area contributed by atoms with Gasteiger partial charge >= 0.3 is 0 Å². The molecule has 1 heterocycles. The second-order valence-electron chi connectivity index (χ2n) is 7.35. The van der Waals surface area contributed by atoms with Gasteiger partial charge in [-0.1, -0.05) is 60.7 Å². The van der Waals surface area contributed by atoms with Gasteiger partial charge in [-0.15, -0.1) is 0 Å². The van der Waals surface area contributed by atoms with Crippen LogP contribution >= 0.6 is 0 Å². The Hall–Kier alpha value is -2.82. The van der Waals surface area contributed by atoms with Gasteiger partial charge in [-0.3, -0.25) is 0 Å². The Morgan fingerprint density at radius 3 is 1.97 bits per heavy atom. The minimum atomic E-state index is -0.942. The summed E-state index contributed by atoms with van der Waals surface area (Å²) in [6.07, 6.45) is 1.11. The zero-order chi connectivity index (χ0) is 19.9. The monoisotopic (exact) mass is 390 g/mol. The summed E-state index contributed by atoms with van der Waals surface area (Å²) in [6, 6.07) is 25.8. The zero-order valence-corrected chi connectivity index (χ0v) is 16.4. The van der Waals surface area contributed by atoms with Crippen molar-refractivity contribution in [3.05, 3.63) is 95.6 Å². The van der Waals surface area contributed by atoms with E-state index in [-0.39, 0.29) is 0 Å². The third-order valence-electron chi connectivity index (χ3n) is 5.26. The molecule has 0 aromatic heterocycles. The fraction of sp³-hybridized carbons (Fsp3) is 0.280. The highest BCUT2D eigenvalue weighted by atomic mass is 16.5. The van der Waals surface area contributed by atoms with Crippen LogP contribution in [0.1, 0.15) is 29.5 Å². The molecule has 0 bridgehead atoms. The molecule has 3 aromatic rings. The lowest BCUT2D eigenvalue weighted by Crippen LogP contribution is -2.33. The van der Waals surface area contributed by atoms with Crippen LogP contribution in [0.5, 0.6) is 11.5 Å². The van der Waals surface area contributed by atoms with Gasteiger partial charge in [-0.25, -0.2) is 0 Å². The van der Waals surface area contributed by atoms with Gasteiger partial charge in [0.15, 0.2) is 0 Å². The summed E-state index contributed by atoms with van der Waals surface area (Å²) in [5.41, 5.74) is 2.03. The van der Waals surface area contributed by atoms with Gasteiger partial charge in [0.1, 0.15) is 24.7 Å². The lowest BCUT2D eigenvalue weighted by atomic mass is 9.86. The van der Waals surface area contributed by atoms with Gasteiger partial charge < -0.3 is 19.3 Å². The minimum Gasteiger partial charge on any atom is -0.489 e. The second kappa shape index (κ2) is 9.12. The van der Waals surface area contributed by atoms with Crippen molar-refractivity contribution in [2.75, 3.05) is 13.2 Å². The lowest BCUT2D eigenvalue weighted by molar-refractivity contribution is -0.0692. The maximum Gasteiger partial charge on any atom is 0.129 e. The largest absolute Gasteiger partial charge is 0.489 e. The Labute approximate surface area is 171 Å². The molecule has 4 heteroatoms. The van der Waals surface area contributed by atoms with Crippen LogP contribution in [0.15, 0.2) is 78.9 Å². The van der Waals surface area contributed by atoms with Gasteiger partial charge in [-0.05, 0) is 23.3 Å². The number of rotatable bonds is 7. The first-order valence-corrected chi connectivity index (χ1v) is 10.0. The van der Waals surface area contributed by atoms with Crippen LogP contribution in [0.3, 0.4) is 0 Å². The molecule has 0 spiro atoms. The molecule has 0 unspecified atom stereocenters. The van der Waals surface area contributed by atoms with Crippen molar-refractivity contribution in [3.63, 3.8) is 0 Å². The standard InChI is InChI=1S/C25H26O4/c26-25(13-15-27-16-14-25)23-12-11-22(28-18-20-7-3-1-4-8-20)17-24(23)29-19-21-9-5-2-6-10-21/h1-12,17,26H,13-16,18-19H2.